The normalized spacial score (nSPS) is 10.7. The van der Waals surface area contributed by atoms with E-state index in [1.165, 1.54) is 5.56 Å². The molecule has 0 amide bonds. The lowest BCUT2D eigenvalue weighted by Crippen LogP contribution is -1.89. The Labute approximate surface area is 124 Å². The zero-order valence-corrected chi connectivity index (χ0v) is 12.4. The molecule has 2 heterocycles. The molecule has 0 fully saturated rings. The van der Waals surface area contributed by atoms with Gasteiger partial charge in [0.05, 0.1) is 5.56 Å². The van der Waals surface area contributed by atoms with Crippen LogP contribution in [0.5, 0.6) is 0 Å². The minimum absolute atomic E-state index is 0.304. The van der Waals surface area contributed by atoms with Gasteiger partial charge in [-0.2, -0.15) is 0 Å². The third-order valence-corrected chi connectivity index (χ3v) is 3.72. The Morgan fingerprint density at radius 2 is 1.90 bits per heavy atom. The third-order valence-electron chi connectivity index (χ3n) is 3.07. The first-order valence-corrected chi connectivity index (χ1v) is 6.88. The summed E-state index contributed by atoms with van der Waals surface area (Å²) < 4.78 is 6.14. The molecule has 100 valence electrons. The number of hydrogen-bond acceptors (Lipinski definition) is 4. The molecule has 0 aliphatic rings. The number of hydrogen-bond donors (Lipinski definition) is 1. The van der Waals surface area contributed by atoms with E-state index in [0.29, 0.717) is 5.88 Å². The molecule has 2 N–H and O–H groups in total. The van der Waals surface area contributed by atoms with E-state index in [9.17, 15) is 0 Å². The van der Waals surface area contributed by atoms with E-state index >= 15 is 0 Å². The second kappa shape index (κ2) is 5.09. The summed E-state index contributed by atoms with van der Waals surface area (Å²) in [6, 6.07) is 9.84. The van der Waals surface area contributed by atoms with Crippen molar-refractivity contribution in [3.8, 4) is 22.4 Å². The fourth-order valence-electron chi connectivity index (χ4n) is 2.10. The van der Waals surface area contributed by atoms with Gasteiger partial charge in [-0.05, 0) is 36.2 Å². The number of benzene rings is 1. The van der Waals surface area contributed by atoms with E-state index in [1.807, 2.05) is 37.3 Å². The second-order valence-corrected chi connectivity index (χ2v) is 5.34. The van der Waals surface area contributed by atoms with Gasteiger partial charge < -0.3 is 10.3 Å². The van der Waals surface area contributed by atoms with Crippen molar-refractivity contribution in [3.05, 3.63) is 52.8 Å². The topological polar surface area (TPSA) is 64.9 Å². The first-order chi connectivity index (χ1) is 9.66. The number of halogens is 1. The zero-order valence-electron chi connectivity index (χ0n) is 10.8. The van der Waals surface area contributed by atoms with Crippen LogP contribution in [0, 0.1) is 6.92 Å². The smallest absolute Gasteiger partial charge is 0.230 e. The van der Waals surface area contributed by atoms with Crippen LogP contribution in [0.25, 0.3) is 22.4 Å². The maximum atomic E-state index is 5.93. The lowest BCUT2D eigenvalue weighted by atomic mass is 10.0. The van der Waals surface area contributed by atoms with Crippen molar-refractivity contribution in [1.82, 2.24) is 10.1 Å². The highest BCUT2D eigenvalue weighted by molar-refractivity contribution is 9.10. The molecule has 20 heavy (non-hydrogen) atoms. The number of nitrogen functional groups attached to an aromatic ring is 1. The van der Waals surface area contributed by atoms with Crippen molar-refractivity contribution in [2.45, 2.75) is 6.92 Å². The molecule has 3 rings (SSSR count). The van der Waals surface area contributed by atoms with Gasteiger partial charge in [-0.15, -0.1) is 0 Å². The Balaban J connectivity index is 2.21. The van der Waals surface area contributed by atoms with Crippen LogP contribution in [-0.2, 0) is 0 Å². The third kappa shape index (κ3) is 2.20. The van der Waals surface area contributed by atoms with Crippen LogP contribution in [0.15, 0.2) is 51.7 Å². The summed E-state index contributed by atoms with van der Waals surface area (Å²) in [6.07, 6.45) is 3.44. The Hall–Kier alpha value is -2.14. The van der Waals surface area contributed by atoms with Gasteiger partial charge in [0.2, 0.25) is 5.88 Å². The van der Waals surface area contributed by atoms with Gasteiger partial charge in [-0.25, -0.2) is 0 Å². The van der Waals surface area contributed by atoms with Gasteiger partial charge in [-0.3, -0.25) is 4.98 Å². The Morgan fingerprint density at radius 3 is 2.60 bits per heavy atom. The fraction of sp³-hybridized carbons (Fsp3) is 0.0667. The quantitative estimate of drug-likeness (QED) is 0.770. The molecular formula is C15H12BrN3O. The summed E-state index contributed by atoms with van der Waals surface area (Å²) in [5.74, 6) is 0.304. The van der Waals surface area contributed by atoms with Gasteiger partial charge >= 0.3 is 0 Å². The zero-order chi connectivity index (χ0) is 14.1. The Bertz CT molecular complexity index is 753. The summed E-state index contributed by atoms with van der Waals surface area (Å²) >= 11 is 3.56. The van der Waals surface area contributed by atoms with Crippen LogP contribution in [0.4, 0.5) is 5.88 Å². The van der Waals surface area contributed by atoms with Gasteiger partial charge in [0.15, 0.2) is 0 Å². The van der Waals surface area contributed by atoms with E-state index in [0.717, 1.165) is 26.9 Å². The molecule has 2 aromatic heterocycles. The largest absolute Gasteiger partial charge is 0.367 e. The average molecular weight is 330 g/mol. The van der Waals surface area contributed by atoms with Crippen LogP contribution in [0.1, 0.15) is 5.56 Å². The number of rotatable bonds is 2. The first kappa shape index (κ1) is 12.9. The van der Waals surface area contributed by atoms with Crippen LogP contribution < -0.4 is 5.73 Å². The van der Waals surface area contributed by atoms with Crippen LogP contribution in [0.2, 0.25) is 0 Å². The van der Waals surface area contributed by atoms with Gasteiger partial charge in [0, 0.05) is 22.4 Å². The number of anilines is 1. The Morgan fingerprint density at radius 1 is 1.15 bits per heavy atom. The number of pyridine rings is 1. The molecule has 5 heteroatoms. The molecule has 0 radical (unpaired) electrons. The van der Waals surface area contributed by atoms with Gasteiger partial charge in [0.1, 0.15) is 5.69 Å². The highest BCUT2D eigenvalue weighted by atomic mass is 79.9. The maximum absolute atomic E-state index is 5.93. The van der Waals surface area contributed by atoms with Crippen molar-refractivity contribution in [3.63, 3.8) is 0 Å². The van der Waals surface area contributed by atoms with Crippen molar-refractivity contribution in [2.75, 3.05) is 5.73 Å². The average Bonchev–Trinajstić information content (AvgIpc) is 2.81. The second-order valence-electron chi connectivity index (χ2n) is 4.49. The number of aryl methyl sites for hydroxylation is 1. The van der Waals surface area contributed by atoms with E-state index < -0.39 is 0 Å². The van der Waals surface area contributed by atoms with Crippen molar-refractivity contribution >= 4 is 21.8 Å². The predicted octanol–water partition coefficient (Wildman–Crippen LogP) is 4.06. The molecule has 0 spiro atoms. The predicted molar refractivity (Wildman–Crippen MR) is 82.0 cm³/mol. The highest BCUT2D eigenvalue weighted by Gasteiger charge is 2.19. The minimum Gasteiger partial charge on any atom is -0.367 e. The summed E-state index contributed by atoms with van der Waals surface area (Å²) in [4.78, 5) is 4.02. The van der Waals surface area contributed by atoms with Gasteiger partial charge in [0.25, 0.3) is 0 Å². The molecule has 0 saturated carbocycles. The molecule has 0 bridgehead atoms. The molecule has 4 nitrogen and oxygen atoms in total. The van der Waals surface area contributed by atoms with Crippen molar-refractivity contribution < 1.29 is 4.52 Å². The molecule has 1 aromatic carbocycles. The summed E-state index contributed by atoms with van der Waals surface area (Å²) in [7, 11) is 0. The van der Waals surface area contributed by atoms with Crippen LogP contribution >= 0.6 is 15.9 Å². The number of nitrogens with two attached hydrogens (primary N) is 1. The van der Waals surface area contributed by atoms with Crippen LogP contribution in [-0.4, -0.2) is 10.1 Å². The van der Waals surface area contributed by atoms with Crippen molar-refractivity contribution in [1.29, 1.82) is 0 Å². The molecule has 0 unspecified atom stereocenters. The van der Waals surface area contributed by atoms with E-state index in [4.69, 9.17) is 10.3 Å². The standard InChI is InChI=1S/C15H12BrN3O/c1-9-2-3-11(12(16)8-9)14-13(15(17)20-19-14)10-4-6-18-7-5-10/h2-8H,17H2,1H3. The van der Waals surface area contributed by atoms with Crippen molar-refractivity contribution in [2.24, 2.45) is 0 Å². The maximum Gasteiger partial charge on any atom is 0.230 e. The SMILES string of the molecule is Cc1ccc(-c2noc(N)c2-c2ccncc2)c(Br)c1. The number of nitrogens with zero attached hydrogens (tertiary/aromatic N) is 2. The molecule has 0 atom stereocenters. The monoisotopic (exact) mass is 329 g/mol. The summed E-state index contributed by atoms with van der Waals surface area (Å²) in [5.41, 5.74) is 10.5. The molecule has 3 aromatic rings. The van der Waals surface area contributed by atoms with Crippen LogP contribution in [0.3, 0.4) is 0 Å². The Kier molecular flexibility index (Phi) is 3.28. The van der Waals surface area contributed by atoms with E-state index in [1.54, 1.807) is 12.4 Å². The summed E-state index contributed by atoms with van der Waals surface area (Å²) in [5, 5.41) is 4.10. The lowest BCUT2D eigenvalue weighted by molar-refractivity contribution is 0.439. The van der Waals surface area contributed by atoms with E-state index in [-0.39, 0.29) is 0 Å². The van der Waals surface area contributed by atoms with Gasteiger partial charge in [-0.1, -0.05) is 33.2 Å². The first-order valence-electron chi connectivity index (χ1n) is 6.09. The number of aromatic nitrogens is 2. The minimum atomic E-state index is 0.304. The molecule has 0 aliphatic heterocycles. The molecule has 0 aliphatic carbocycles. The lowest BCUT2D eigenvalue weighted by Gasteiger charge is -2.05. The molecule has 0 saturated heterocycles. The fourth-order valence-corrected chi connectivity index (χ4v) is 2.78. The molecular weight excluding hydrogens is 318 g/mol. The van der Waals surface area contributed by atoms with E-state index in [2.05, 4.69) is 26.1 Å². The summed E-state index contributed by atoms with van der Waals surface area (Å²) in [6.45, 7) is 2.04. The highest BCUT2D eigenvalue weighted by Crippen LogP contribution is 2.38.